The normalized spacial score (nSPS) is 12.9. The Hall–Kier alpha value is -2.79. The molecular formula is C19H16ClNO4. The van der Waals surface area contributed by atoms with E-state index in [1.54, 1.807) is 42.5 Å². The summed E-state index contributed by atoms with van der Waals surface area (Å²) in [6, 6.07) is 10.2. The van der Waals surface area contributed by atoms with E-state index in [9.17, 15) is 9.59 Å². The molecule has 1 heterocycles. The van der Waals surface area contributed by atoms with Crippen molar-refractivity contribution in [3.8, 4) is 11.5 Å². The zero-order valence-corrected chi connectivity index (χ0v) is 14.3. The highest BCUT2D eigenvalue weighted by Gasteiger charge is 2.16. The monoisotopic (exact) mass is 357 g/mol. The van der Waals surface area contributed by atoms with Gasteiger partial charge in [0.1, 0.15) is 13.2 Å². The van der Waals surface area contributed by atoms with Crippen molar-refractivity contribution in [2.45, 2.75) is 6.92 Å². The zero-order valence-electron chi connectivity index (χ0n) is 13.5. The quantitative estimate of drug-likeness (QED) is 0.664. The van der Waals surface area contributed by atoms with Crippen LogP contribution in [0.2, 0.25) is 5.02 Å². The Kier molecular flexibility index (Phi) is 5.05. The second kappa shape index (κ2) is 7.40. The summed E-state index contributed by atoms with van der Waals surface area (Å²) in [7, 11) is 0. The van der Waals surface area contributed by atoms with Gasteiger partial charge >= 0.3 is 0 Å². The van der Waals surface area contributed by atoms with Crippen LogP contribution >= 0.6 is 11.6 Å². The third kappa shape index (κ3) is 4.19. The molecule has 1 aliphatic rings. The van der Waals surface area contributed by atoms with Crippen LogP contribution in [0.4, 0.5) is 5.69 Å². The molecule has 6 heteroatoms. The average molecular weight is 358 g/mol. The first-order valence-electron chi connectivity index (χ1n) is 7.72. The standard InChI is InChI=1S/C19H16ClNO4/c1-12(22)21-15-4-2-3-14(11-15)17(23)6-5-13-9-16(20)19-18(10-13)24-7-8-25-19/h2-6,9-11H,7-8H2,1H3,(H,21,22)/b6-5+. The number of allylic oxidation sites excluding steroid dienone is 1. The Morgan fingerprint density at radius 1 is 1.16 bits per heavy atom. The predicted octanol–water partition coefficient (Wildman–Crippen LogP) is 3.97. The van der Waals surface area contributed by atoms with Crippen molar-refractivity contribution in [3.05, 3.63) is 58.6 Å². The van der Waals surface area contributed by atoms with Crippen LogP contribution in [0.15, 0.2) is 42.5 Å². The molecule has 1 N–H and O–H groups in total. The first kappa shape index (κ1) is 17.0. The molecule has 0 saturated heterocycles. The van der Waals surface area contributed by atoms with E-state index in [2.05, 4.69) is 5.32 Å². The van der Waals surface area contributed by atoms with Crippen LogP contribution in [0, 0.1) is 0 Å². The molecule has 1 amide bonds. The smallest absolute Gasteiger partial charge is 0.221 e. The molecule has 25 heavy (non-hydrogen) atoms. The van der Waals surface area contributed by atoms with Crippen molar-refractivity contribution in [2.24, 2.45) is 0 Å². The molecule has 2 aromatic carbocycles. The number of nitrogens with one attached hydrogen (secondary N) is 1. The lowest BCUT2D eigenvalue weighted by molar-refractivity contribution is -0.114. The number of ketones is 1. The van der Waals surface area contributed by atoms with Crippen LogP contribution in [0.5, 0.6) is 11.5 Å². The molecule has 128 valence electrons. The minimum absolute atomic E-state index is 0.182. The predicted molar refractivity (Wildman–Crippen MR) is 96.6 cm³/mol. The summed E-state index contributed by atoms with van der Waals surface area (Å²) in [6.07, 6.45) is 3.12. The Morgan fingerprint density at radius 2 is 1.96 bits per heavy atom. The fourth-order valence-electron chi connectivity index (χ4n) is 2.45. The molecule has 0 unspecified atom stereocenters. The van der Waals surface area contributed by atoms with Gasteiger partial charge in [-0.15, -0.1) is 0 Å². The summed E-state index contributed by atoms with van der Waals surface area (Å²) in [5.41, 5.74) is 1.79. The molecule has 0 radical (unpaired) electrons. The number of rotatable bonds is 4. The largest absolute Gasteiger partial charge is 0.486 e. The van der Waals surface area contributed by atoms with Crippen molar-refractivity contribution in [2.75, 3.05) is 18.5 Å². The van der Waals surface area contributed by atoms with Gasteiger partial charge in [0.25, 0.3) is 0 Å². The number of halogens is 1. The van der Waals surface area contributed by atoms with Gasteiger partial charge in [0.2, 0.25) is 5.91 Å². The Labute approximate surface area is 150 Å². The summed E-state index contributed by atoms with van der Waals surface area (Å²) in [4.78, 5) is 23.5. The highest BCUT2D eigenvalue weighted by Crippen LogP contribution is 2.38. The number of amides is 1. The summed E-state index contributed by atoms with van der Waals surface area (Å²) in [6.45, 7) is 2.34. The van der Waals surface area contributed by atoms with Crippen molar-refractivity contribution in [1.82, 2.24) is 0 Å². The van der Waals surface area contributed by atoms with Gasteiger partial charge in [0.05, 0.1) is 5.02 Å². The van der Waals surface area contributed by atoms with E-state index >= 15 is 0 Å². The van der Waals surface area contributed by atoms with Gasteiger partial charge < -0.3 is 14.8 Å². The van der Waals surface area contributed by atoms with Crippen molar-refractivity contribution in [1.29, 1.82) is 0 Å². The molecule has 1 aliphatic heterocycles. The van der Waals surface area contributed by atoms with Gasteiger partial charge in [0, 0.05) is 18.2 Å². The number of anilines is 1. The molecule has 0 atom stereocenters. The topological polar surface area (TPSA) is 64.6 Å². The maximum Gasteiger partial charge on any atom is 0.221 e. The minimum Gasteiger partial charge on any atom is -0.486 e. The Bertz CT molecular complexity index is 860. The van der Waals surface area contributed by atoms with Crippen molar-refractivity contribution in [3.63, 3.8) is 0 Å². The van der Waals surface area contributed by atoms with Crippen LogP contribution in [0.25, 0.3) is 6.08 Å². The van der Waals surface area contributed by atoms with E-state index < -0.39 is 0 Å². The first-order chi connectivity index (χ1) is 12.0. The number of hydrogen-bond acceptors (Lipinski definition) is 4. The van der Waals surface area contributed by atoms with Crippen molar-refractivity contribution < 1.29 is 19.1 Å². The zero-order chi connectivity index (χ0) is 17.8. The molecule has 0 bridgehead atoms. The fraction of sp³-hybridized carbons (Fsp3) is 0.158. The number of hydrogen-bond donors (Lipinski definition) is 1. The lowest BCUT2D eigenvalue weighted by atomic mass is 10.1. The Morgan fingerprint density at radius 3 is 2.76 bits per heavy atom. The molecule has 0 spiro atoms. The van der Waals surface area contributed by atoms with Gasteiger partial charge in [-0.3, -0.25) is 9.59 Å². The van der Waals surface area contributed by atoms with Crippen LogP contribution in [0.1, 0.15) is 22.8 Å². The fourth-order valence-corrected chi connectivity index (χ4v) is 2.72. The number of carbonyl (C=O) groups is 2. The van der Waals surface area contributed by atoms with E-state index in [1.807, 2.05) is 0 Å². The third-order valence-electron chi connectivity index (χ3n) is 3.51. The number of fused-ring (bicyclic) bond motifs is 1. The van der Waals surface area contributed by atoms with Gasteiger partial charge in [-0.05, 0) is 35.9 Å². The van der Waals surface area contributed by atoms with Gasteiger partial charge in [0.15, 0.2) is 17.3 Å². The SMILES string of the molecule is CC(=O)Nc1cccc(C(=O)/C=C/c2cc(Cl)c3c(c2)OCCO3)c1. The van der Waals surface area contributed by atoms with E-state index in [4.69, 9.17) is 21.1 Å². The molecule has 0 saturated carbocycles. The van der Waals surface area contributed by atoms with E-state index in [1.165, 1.54) is 13.0 Å². The van der Waals surface area contributed by atoms with Crippen LogP contribution < -0.4 is 14.8 Å². The van der Waals surface area contributed by atoms with E-state index in [0.717, 1.165) is 5.56 Å². The van der Waals surface area contributed by atoms with E-state index in [-0.39, 0.29) is 11.7 Å². The van der Waals surface area contributed by atoms with Crippen LogP contribution in [-0.2, 0) is 4.79 Å². The highest BCUT2D eigenvalue weighted by atomic mass is 35.5. The van der Waals surface area contributed by atoms with Gasteiger partial charge in [-0.2, -0.15) is 0 Å². The maximum absolute atomic E-state index is 12.3. The second-order valence-electron chi connectivity index (χ2n) is 5.49. The first-order valence-corrected chi connectivity index (χ1v) is 8.10. The summed E-state index contributed by atoms with van der Waals surface area (Å²) in [5, 5.41) is 3.09. The lowest BCUT2D eigenvalue weighted by Crippen LogP contribution is -2.15. The van der Waals surface area contributed by atoms with Gasteiger partial charge in [-0.1, -0.05) is 29.8 Å². The molecule has 0 aromatic heterocycles. The molecule has 0 aliphatic carbocycles. The van der Waals surface area contributed by atoms with Crippen LogP contribution in [-0.4, -0.2) is 24.9 Å². The molecule has 0 fully saturated rings. The summed E-state index contributed by atoms with van der Waals surface area (Å²) >= 11 is 6.18. The number of benzene rings is 2. The Balaban J connectivity index is 1.79. The van der Waals surface area contributed by atoms with Gasteiger partial charge in [-0.25, -0.2) is 0 Å². The lowest BCUT2D eigenvalue weighted by Gasteiger charge is -2.19. The molecule has 3 rings (SSSR count). The minimum atomic E-state index is -0.189. The molecule has 2 aromatic rings. The summed E-state index contributed by atoms with van der Waals surface area (Å²) < 4.78 is 11.0. The highest BCUT2D eigenvalue weighted by molar-refractivity contribution is 6.32. The molecular weight excluding hydrogens is 342 g/mol. The number of carbonyl (C=O) groups excluding carboxylic acids is 2. The second-order valence-corrected chi connectivity index (χ2v) is 5.89. The number of ether oxygens (including phenoxy) is 2. The average Bonchev–Trinajstić information content (AvgIpc) is 2.59. The summed E-state index contributed by atoms with van der Waals surface area (Å²) in [5.74, 6) is 0.724. The molecule has 5 nitrogen and oxygen atoms in total. The van der Waals surface area contributed by atoms with Crippen molar-refractivity contribution >= 4 is 35.1 Å². The third-order valence-corrected chi connectivity index (χ3v) is 3.79. The maximum atomic E-state index is 12.3. The van der Waals surface area contributed by atoms with Crippen LogP contribution in [0.3, 0.4) is 0 Å². The van der Waals surface area contributed by atoms with E-state index in [0.29, 0.717) is 41.0 Å².